The monoisotopic (exact) mass is 194 g/mol. The molecule has 0 fully saturated rings. The smallest absolute Gasteiger partial charge is 0.348 e. The van der Waals surface area contributed by atoms with Crippen LogP contribution in [0.4, 0.5) is 13.2 Å². The summed E-state index contributed by atoms with van der Waals surface area (Å²) in [6.45, 7) is -1.38. The summed E-state index contributed by atoms with van der Waals surface area (Å²) < 4.78 is 39.6. The molecule has 1 aliphatic heterocycles. The van der Waals surface area contributed by atoms with Crippen LogP contribution in [-0.2, 0) is 4.74 Å². The van der Waals surface area contributed by atoms with Gasteiger partial charge < -0.3 is 10.1 Å². The summed E-state index contributed by atoms with van der Waals surface area (Å²) in [6, 6.07) is 0. The number of hydrogen-bond acceptors (Lipinski definition) is 3. The first-order valence-electron chi connectivity index (χ1n) is 3.53. The Hall–Kier alpha value is -1.01. The zero-order valence-electron chi connectivity index (χ0n) is 6.64. The first-order chi connectivity index (χ1) is 5.91. The average molecular weight is 194 g/mol. The third-order valence-corrected chi connectivity index (χ3v) is 1.33. The minimum Gasteiger partial charge on any atom is -0.348 e. The summed E-state index contributed by atoms with van der Waals surface area (Å²) in [5.41, 5.74) is 5.39. The zero-order chi connectivity index (χ0) is 9.95. The molecule has 0 saturated heterocycles. The van der Waals surface area contributed by atoms with Gasteiger partial charge in [-0.2, -0.15) is 13.2 Å². The van der Waals surface area contributed by atoms with Crippen LogP contribution in [0.15, 0.2) is 24.4 Å². The maximum absolute atomic E-state index is 11.7. The minimum atomic E-state index is -4.37. The number of dihydropyridines is 1. The Bertz CT molecular complexity index is 236. The van der Waals surface area contributed by atoms with Crippen molar-refractivity contribution in [2.45, 2.75) is 12.0 Å². The third-order valence-electron chi connectivity index (χ3n) is 1.33. The van der Waals surface area contributed by atoms with Gasteiger partial charge in [0.1, 0.15) is 6.61 Å². The number of nitrogens with one attached hydrogen (secondary N) is 1. The number of nitrogens with two attached hydrogens (primary N) is 1. The van der Waals surface area contributed by atoms with Crippen molar-refractivity contribution in [3.63, 3.8) is 0 Å². The maximum Gasteiger partial charge on any atom is 0.411 e. The number of hydrogen-bond donors (Lipinski definition) is 2. The van der Waals surface area contributed by atoms with Crippen LogP contribution in [0, 0.1) is 0 Å². The van der Waals surface area contributed by atoms with Gasteiger partial charge in [0.15, 0.2) is 0 Å². The number of rotatable bonds is 2. The average Bonchev–Trinajstić information content (AvgIpc) is 2.02. The summed E-state index contributed by atoms with van der Waals surface area (Å²) in [7, 11) is 0. The molecule has 0 aromatic carbocycles. The lowest BCUT2D eigenvalue weighted by Crippen LogP contribution is -2.53. The lowest BCUT2D eigenvalue weighted by atomic mass is 10.3. The maximum atomic E-state index is 11.7. The first kappa shape index (κ1) is 10.1. The molecule has 0 radical (unpaired) electrons. The highest BCUT2D eigenvalue weighted by molar-refractivity contribution is 5.14. The van der Waals surface area contributed by atoms with Crippen molar-refractivity contribution in [3.05, 3.63) is 24.4 Å². The van der Waals surface area contributed by atoms with Crippen LogP contribution in [0.3, 0.4) is 0 Å². The fraction of sp³-hybridized carbons (Fsp3) is 0.429. The summed E-state index contributed by atoms with van der Waals surface area (Å²) in [4.78, 5) is 0. The van der Waals surface area contributed by atoms with E-state index in [1.54, 1.807) is 6.08 Å². The number of ether oxygens (including phenoxy) is 1. The number of alkyl halides is 3. The topological polar surface area (TPSA) is 47.3 Å². The van der Waals surface area contributed by atoms with Gasteiger partial charge in [-0.1, -0.05) is 6.08 Å². The fourth-order valence-corrected chi connectivity index (χ4v) is 0.772. The minimum absolute atomic E-state index is 1.30. The van der Waals surface area contributed by atoms with E-state index in [1.807, 2.05) is 0 Å². The highest BCUT2D eigenvalue weighted by Gasteiger charge is 2.33. The van der Waals surface area contributed by atoms with Gasteiger partial charge in [-0.05, 0) is 12.2 Å². The Labute approximate surface area is 73.0 Å². The summed E-state index contributed by atoms with van der Waals surface area (Å²) in [5, 5.41) is 2.46. The summed E-state index contributed by atoms with van der Waals surface area (Å²) >= 11 is 0. The van der Waals surface area contributed by atoms with Gasteiger partial charge in [-0.25, -0.2) is 0 Å². The normalized spacial score (nSPS) is 27.4. The van der Waals surface area contributed by atoms with Gasteiger partial charge in [-0.3, -0.25) is 5.73 Å². The molecule has 1 heterocycles. The molecule has 1 aliphatic rings. The van der Waals surface area contributed by atoms with E-state index in [2.05, 4.69) is 10.1 Å². The van der Waals surface area contributed by atoms with Crippen molar-refractivity contribution < 1.29 is 17.9 Å². The van der Waals surface area contributed by atoms with E-state index in [-0.39, 0.29) is 0 Å². The Morgan fingerprint density at radius 1 is 1.38 bits per heavy atom. The van der Waals surface area contributed by atoms with Crippen molar-refractivity contribution in [3.8, 4) is 0 Å². The molecule has 0 spiro atoms. The van der Waals surface area contributed by atoms with Crippen molar-refractivity contribution >= 4 is 0 Å². The van der Waals surface area contributed by atoms with Crippen LogP contribution in [0.25, 0.3) is 0 Å². The Morgan fingerprint density at radius 3 is 2.54 bits per heavy atom. The van der Waals surface area contributed by atoms with E-state index in [9.17, 15) is 13.2 Å². The molecule has 6 heteroatoms. The second-order valence-corrected chi connectivity index (χ2v) is 2.56. The second-order valence-electron chi connectivity index (χ2n) is 2.56. The predicted octanol–water partition coefficient (Wildman–Crippen LogP) is 0.851. The molecule has 0 bridgehead atoms. The van der Waals surface area contributed by atoms with E-state index in [0.717, 1.165) is 0 Å². The van der Waals surface area contributed by atoms with Gasteiger partial charge in [0.25, 0.3) is 0 Å². The molecule has 74 valence electrons. The van der Waals surface area contributed by atoms with Gasteiger partial charge in [-0.15, -0.1) is 0 Å². The quantitative estimate of drug-likeness (QED) is 0.640. The lowest BCUT2D eigenvalue weighted by Gasteiger charge is -2.28. The molecular formula is C7H9F3N2O. The molecule has 0 aliphatic carbocycles. The molecule has 0 amide bonds. The van der Waals surface area contributed by atoms with E-state index in [1.165, 1.54) is 18.4 Å². The van der Waals surface area contributed by atoms with Gasteiger partial charge >= 0.3 is 6.18 Å². The van der Waals surface area contributed by atoms with E-state index in [0.29, 0.717) is 0 Å². The highest BCUT2D eigenvalue weighted by atomic mass is 19.4. The van der Waals surface area contributed by atoms with Crippen LogP contribution in [0.5, 0.6) is 0 Å². The SMILES string of the molecule is NC1(OCC(F)(F)F)C=CC=CN1. The molecule has 3 nitrogen and oxygen atoms in total. The Balaban J connectivity index is 2.44. The molecule has 0 aromatic rings. The van der Waals surface area contributed by atoms with E-state index < -0.39 is 18.6 Å². The zero-order valence-corrected chi connectivity index (χ0v) is 6.64. The molecule has 1 rings (SSSR count). The molecule has 3 N–H and O–H groups in total. The number of allylic oxidation sites excluding steroid dienone is 2. The van der Waals surface area contributed by atoms with Crippen molar-refractivity contribution in [2.24, 2.45) is 5.73 Å². The number of halogens is 3. The predicted molar refractivity (Wildman–Crippen MR) is 40.3 cm³/mol. The van der Waals surface area contributed by atoms with Crippen LogP contribution in [-0.4, -0.2) is 18.6 Å². The summed E-state index contributed by atoms with van der Waals surface area (Å²) in [6.07, 6.45) is 1.45. The Morgan fingerprint density at radius 2 is 2.08 bits per heavy atom. The molecular weight excluding hydrogens is 185 g/mol. The van der Waals surface area contributed by atoms with Crippen LogP contribution in [0.1, 0.15) is 0 Å². The van der Waals surface area contributed by atoms with Crippen molar-refractivity contribution in [1.29, 1.82) is 0 Å². The van der Waals surface area contributed by atoms with Gasteiger partial charge in [0.05, 0.1) is 0 Å². The van der Waals surface area contributed by atoms with Gasteiger partial charge in [0.2, 0.25) is 5.85 Å². The van der Waals surface area contributed by atoms with Crippen LogP contribution in [0.2, 0.25) is 0 Å². The standard InChI is InChI=1S/C7H9F3N2O/c8-6(9,10)5-13-7(11)3-1-2-4-12-7/h1-4,12H,5,11H2. The van der Waals surface area contributed by atoms with Crippen LogP contribution >= 0.6 is 0 Å². The molecule has 0 aromatic heterocycles. The molecule has 1 atom stereocenters. The fourth-order valence-electron chi connectivity index (χ4n) is 0.772. The van der Waals surface area contributed by atoms with Crippen LogP contribution < -0.4 is 11.1 Å². The first-order valence-corrected chi connectivity index (χ1v) is 3.53. The summed E-state index contributed by atoms with van der Waals surface area (Å²) in [5.74, 6) is -1.55. The molecule has 13 heavy (non-hydrogen) atoms. The van der Waals surface area contributed by atoms with Crippen molar-refractivity contribution in [2.75, 3.05) is 6.61 Å². The Kier molecular flexibility index (Phi) is 2.63. The lowest BCUT2D eigenvalue weighted by molar-refractivity contribution is -0.200. The second kappa shape index (κ2) is 3.39. The highest BCUT2D eigenvalue weighted by Crippen LogP contribution is 2.17. The molecule has 0 saturated carbocycles. The largest absolute Gasteiger partial charge is 0.411 e. The van der Waals surface area contributed by atoms with E-state index >= 15 is 0 Å². The van der Waals surface area contributed by atoms with Gasteiger partial charge in [0, 0.05) is 6.20 Å². The molecule has 1 unspecified atom stereocenters. The third kappa shape index (κ3) is 3.47. The van der Waals surface area contributed by atoms with E-state index in [4.69, 9.17) is 5.73 Å². The van der Waals surface area contributed by atoms with Crippen molar-refractivity contribution in [1.82, 2.24) is 5.32 Å².